The van der Waals surface area contributed by atoms with Gasteiger partial charge in [0.1, 0.15) is 10.8 Å². The Morgan fingerprint density at radius 3 is 3.00 bits per heavy atom. The first-order valence-corrected chi connectivity index (χ1v) is 8.51. The van der Waals surface area contributed by atoms with Crippen LogP contribution in [0.25, 0.3) is 10.6 Å². The first kappa shape index (κ1) is 16.0. The summed E-state index contributed by atoms with van der Waals surface area (Å²) in [4.78, 5) is 16.9. The molecule has 122 valence electrons. The van der Waals surface area contributed by atoms with Crippen LogP contribution in [-0.2, 0) is 11.2 Å². The molecule has 0 saturated carbocycles. The molecule has 1 aliphatic rings. The predicted molar refractivity (Wildman–Crippen MR) is 88.3 cm³/mol. The summed E-state index contributed by atoms with van der Waals surface area (Å²) in [5.74, 6) is -0.0216. The highest BCUT2D eigenvalue weighted by molar-refractivity contribution is 7.15. The maximum Gasteiger partial charge on any atom is 0.335 e. The minimum Gasteiger partial charge on any atom is -0.493 e. The smallest absolute Gasteiger partial charge is 0.335 e. The van der Waals surface area contributed by atoms with Crippen LogP contribution in [0.2, 0.25) is 0 Å². The van der Waals surface area contributed by atoms with E-state index in [1.54, 1.807) is 23.5 Å². The van der Waals surface area contributed by atoms with E-state index < -0.39 is 5.97 Å². The molecule has 0 radical (unpaired) electrons. The third-order valence-corrected chi connectivity index (χ3v) is 5.00. The molecule has 1 aromatic carbocycles. The maximum absolute atomic E-state index is 11.4. The maximum atomic E-state index is 11.4. The number of hydrogen-bond donors (Lipinski definition) is 1. The minimum absolute atomic E-state index is 0.216. The van der Waals surface area contributed by atoms with Crippen LogP contribution in [0.3, 0.4) is 0 Å². The van der Waals surface area contributed by atoms with Crippen LogP contribution in [0.4, 0.5) is 0 Å². The molecule has 1 N–H and O–H groups in total. The van der Waals surface area contributed by atoms with Gasteiger partial charge in [0.05, 0.1) is 18.8 Å². The number of ether oxygens (including phenoxy) is 2. The molecule has 1 atom stereocenters. The van der Waals surface area contributed by atoms with Gasteiger partial charge in [-0.25, -0.2) is 9.78 Å². The number of benzene rings is 1. The summed E-state index contributed by atoms with van der Waals surface area (Å²) in [6.45, 7) is 4.09. The van der Waals surface area contributed by atoms with E-state index in [9.17, 15) is 9.90 Å². The van der Waals surface area contributed by atoms with Gasteiger partial charge in [-0.15, -0.1) is 11.3 Å². The van der Waals surface area contributed by atoms with Gasteiger partial charge in [0.25, 0.3) is 0 Å². The second-order valence-corrected chi connectivity index (χ2v) is 6.69. The van der Waals surface area contributed by atoms with E-state index in [1.165, 1.54) is 4.88 Å². The van der Waals surface area contributed by atoms with Crippen molar-refractivity contribution in [1.29, 1.82) is 0 Å². The SMILES string of the molecule is CCc1cnc(-c2cc(OC[C@H]3CCOC3)cc(C(=O)O)c2)s1. The van der Waals surface area contributed by atoms with Crippen molar-refractivity contribution in [1.82, 2.24) is 4.98 Å². The van der Waals surface area contributed by atoms with Crippen molar-refractivity contribution in [2.24, 2.45) is 5.92 Å². The number of hydrogen-bond acceptors (Lipinski definition) is 5. The molecule has 0 amide bonds. The molecule has 2 aromatic rings. The first-order chi connectivity index (χ1) is 11.2. The molecule has 6 heteroatoms. The predicted octanol–water partition coefficient (Wildman–Crippen LogP) is 3.49. The third kappa shape index (κ3) is 3.89. The fourth-order valence-electron chi connectivity index (χ4n) is 2.46. The van der Waals surface area contributed by atoms with Gasteiger partial charge in [-0.1, -0.05) is 6.92 Å². The second kappa shape index (κ2) is 7.10. The lowest BCUT2D eigenvalue weighted by molar-refractivity contribution is 0.0696. The molecule has 0 unspecified atom stereocenters. The average molecular weight is 333 g/mol. The van der Waals surface area contributed by atoms with Crippen LogP contribution in [0, 0.1) is 5.92 Å². The molecular weight excluding hydrogens is 314 g/mol. The van der Waals surface area contributed by atoms with Crippen LogP contribution in [-0.4, -0.2) is 35.9 Å². The number of aryl methyl sites for hydroxylation is 1. The quantitative estimate of drug-likeness (QED) is 0.876. The van der Waals surface area contributed by atoms with Crippen LogP contribution >= 0.6 is 11.3 Å². The average Bonchev–Trinajstić information content (AvgIpc) is 3.24. The van der Waals surface area contributed by atoms with E-state index >= 15 is 0 Å². The molecule has 0 bridgehead atoms. The monoisotopic (exact) mass is 333 g/mol. The van der Waals surface area contributed by atoms with Gasteiger partial charge in [0.2, 0.25) is 0 Å². The van der Waals surface area contributed by atoms with E-state index in [1.807, 2.05) is 12.3 Å². The van der Waals surface area contributed by atoms with Gasteiger partial charge in [-0.05, 0) is 31.0 Å². The van der Waals surface area contributed by atoms with Crippen LogP contribution in [0.1, 0.15) is 28.6 Å². The largest absolute Gasteiger partial charge is 0.493 e. The number of carbonyl (C=O) groups is 1. The van der Waals surface area contributed by atoms with Crippen molar-refractivity contribution in [3.63, 3.8) is 0 Å². The van der Waals surface area contributed by atoms with E-state index in [4.69, 9.17) is 9.47 Å². The van der Waals surface area contributed by atoms with Crippen LogP contribution in [0.15, 0.2) is 24.4 Å². The molecule has 0 spiro atoms. The van der Waals surface area contributed by atoms with E-state index in [2.05, 4.69) is 11.9 Å². The highest BCUT2D eigenvalue weighted by Gasteiger charge is 2.17. The van der Waals surface area contributed by atoms with Gasteiger partial charge in [0, 0.05) is 29.2 Å². The zero-order chi connectivity index (χ0) is 16.2. The molecule has 1 aromatic heterocycles. The zero-order valence-corrected chi connectivity index (χ0v) is 13.8. The Kier molecular flexibility index (Phi) is 4.93. The first-order valence-electron chi connectivity index (χ1n) is 7.69. The molecule has 5 nitrogen and oxygen atoms in total. The molecule has 1 aliphatic heterocycles. The van der Waals surface area contributed by atoms with Gasteiger partial charge >= 0.3 is 5.97 Å². The number of aromatic nitrogens is 1. The van der Waals surface area contributed by atoms with Gasteiger partial charge in [-0.2, -0.15) is 0 Å². The summed E-state index contributed by atoms with van der Waals surface area (Å²) in [7, 11) is 0. The summed E-state index contributed by atoms with van der Waals surface area (Å²) < 4.78 is 11.1. The lowest BCUT2D eigenvalue weighted by Gasteiger charge is -2.12. The van der Waals surface area contributed by atoms with Gasteiger partial charge in [-0.3, -0.25) is 0 Å². The second-order valence-electron chi connectivity index (χ2n) is 5.58. The van der Waals surface area contributed by atoms with E-state index in [0.29, 0.717) is 24.9 Å². The Morgan fingerprint density at radius 2 is 2.35 bits per heavy atom. The Labute approximate surface area is 138 Å². The van der Waals surface area contributed by atoms with Crippen molar-refractivity contribution in [3.05, 3.63) is 34.8 Å². The summed E-state index contributed by atoms with van der Waals surface area (Å²) in [6.07, 6.45) is 3.74. The fourth-order valence-corrected chi connectivity index (χ4v) is 3.30. The van der Waals surface area contributed by atoms with E-state index in [-0.39, 0.29) is 5.56 Å². The summed E-state index contributed by atoms with van der Waals surface area (Å²) in [5, 5.41) is 10.1. The third-order valence-electron chi connectivity index (χ3n) is 3.81. The Balaban J connectivity index is 1.84. The number of rotatable bonds is 6. The molecular formula is C17H19NO4S. The lowest BCUT2D eigenvalue weighted by atomic mass is 10.1. The van der Waals surface area contributed by atoms with Crippen molar-refractivity contribution in [2.75, 3.05) is 19.8 Å². The summed E-state index contributed by atoms with van der Waals surface area (Å²) in [5.41, 5.74) is 1.00. The molecule has 1 saturated heterocycles. The Hall–Kier alpha value is -1.92. The summed E-state index contributed by atoms with van der Waals surface area (Å²) >= 11 is 1.58. The van der Waals surface area contributed by atoms with Crippen molar-refractivity contribution in [2.45, 2.75) is 19.8 Å². The van der Waals surface area contributed by atoms with Crippen LogP contribution < -0.4 is 4.74 Å². The zero-order valence-electron chi connectivity index (χ0n) is 12.9. The van der Waals surface area contributed by atoms with Crippen molar-refractivity contribution in [3.8, 4) is 16.3 Å². The molecule has 23 heavy (non-hydrogen) atoms. The molecule has 3 rings (SSSR count). The topological polar surface area (TPSA) is 68.7 Å². The number of aromatic carboxylic acids is 1. The number of nitrogens with zero attached hydrogens (tertiary/aromatic N) is 1. The Morgan fingerprint density at radius 1 is 1.48 bits per heavy atom. The fraction of sp³-hybridized carbons (Fsp3) is 0.412. The highest BCUT2D eigenvalue weighted by Crippen LogP contribution is 2.30. The molecule has 2 heterocycles. The molecule has 0 aliphatic carbocycles. The number of thiazole rings is 1. The highest BCUT2D eigenvalue weighted by atomic mass is 32.1. The van der Waals surface area contributed by atoms with Gasteiger partial charge in [0.15, 0.2) is 0 Å². The van der Waals surface area contributed by atoms with Crippen LogP contribution in [0.5, 0.6) is 5.75 Å². The van der Waals surface area contributed by atoms with Gasteiger partial charge < -0.3 is 14.6 Å². The van der Waals surface area contributed by atoms with Crippen molar-refractivity contribution >= 4 is 17.3 Å². The number of carboxylic acids is 1. The Bertz CT molecular complexity index is 692. The standard InChI is InChI=1S/C17H19NO4S/c1-2-15-8-18-16(23-15)12-5-13(17(19)20)7-14(6-12)22-10-11-3-4-21-9-11/h5-8,11H,2-4,9-10H2,1H3,(H,19,20)/t11-/m0/s1. The number of carboxylic acid groups (broad SMARTS) is 1. The van der Waals surface area contributed by atoms with Crippen molar-refractivity contribution < 1.29 is 19.4 Å². The minimum atomic E-state index is -0.965. The normalized spacial score (nSPS) is 17.3. The summed E-state index contributed by atoms with van der Waals surface area (Å²) in [6, 6.07) is 5.07. The lowest BCUT2D eigenvalue weighted by Crippen LogP contribution is -2.12. The molecule has 1 fully saturated rings. The van der Waals surface area contributed by atoms with E-state index in [0.717, 1.165) is 30.0 Å².